The topological polar surface area (TPSA) is 56.2 Å². The summed E-state index contributed by atoms with van der Waals surface area (Å²) in [4.78, 5) is 5.59. The van der Waals surface area contributed by atoms with E-state index in [1.165, 1.54) is 16.0 Å². The summed E-state index contributed by atoms with van der Waals surface area (Å²) in [5.41, 5.74) is 3.20. The largest absolute Gasteiger partial charge is 0.395 e. The van der Waals surface area contributed by atoms with Gasteiger partial charge in [-0.3, -0.25) is 4.90 Å². The van der Waals surface area contributed by atoms with Crippen molar-refractivity contribution in [1.82, 2.24) is 4.90 Å². The van der Waals surface area contributed by atoms with Crippen molar-refractivity contribution in [2.45, 2.75) is 37.5 Å². The summed E-state index contributed by atoms with van der Waals surface area (Å²) in [6, 6.07) is 10.4. The maximum Gasteiger partial charge on any atom is 0.106 e. The molecule has 31 heavy (non-hydrogen) atoms. The fourth-order valence-corrected chi connectivity index (χ4v) is 6.24. The summed E-state index contributed by atoms with van der Waals surface area (Å²) in [5, 5.41) is 18.5. The van der Waals surface area contributed by atoms with E-state index in [2.05, 4.69) is 29.0 Å². The number of fused-ring (bicyclic) bond motifs is 2. The second-order valence-electron chi connectivity index (χ2n) is 8.21. The van der Waals surface area contributed by atoms with Crippen molar-refractivity contribution in [3.05, 3.63) is 50.7 Å². The highest BCUT2D eigenvalue weighted by Gasteiger charge is 2.45. The molecule has 2 aromatic rings. The Hall–Kier alpha value is -1.59. The summed E-state index contributed by atoms with van der Waals surface area (Å²) in [7, 11) is 0. The first-order valence-corrected chi connectivity index (χ1v) is 12.0. The van der Waals surface area contributed by atoms with Gasteiger partial charge in [0, 0.05) is 43.2 Å². The van der Waals surface area contributed by atoms with E-state index >= 15 is 0 Å². The van der Waals surface area contributed by atoms with E-state index in [1.54, 1.807) is 11.3 Å². The van der Waals surface area contributed by atoms with Gasteiger partial charge in [0.25, 0.3) is 0 Å². The van der Waals surface area contributed by atoms with Crippen LogP contribution >= 0.6 is 22.9 Å². The molecule has 5 nitrogen and oxygen atoms in total. The number of nitrogens with zero attached hydrogens (tertiary/aromatic N) is 2. The predicted molar refractivity (Wildman–Crippen MR) is 126 cm³/mol. The summed E-state index contributed by atoms with van der Waals surface area (Å²) >= 11 is 7.95. The van der Waals surface area contributed by atoms with Gasteiger partial charge in [0.15, 0.2) is 0 Å². The predicted octanol–water partition coefficient (Wildman–Crippen LogP) is 3.26. The number of thiophene rings is 1. The zero-order valence-electron chi connectivity index (χ0n) is 17.6. The molecule has 3 heterocycles. The molecule has 1 fully saturated rings. The van der Waals surface area contributed by atoms with Gasteiger partial charge in [0.1, 0.15) is 5.60 Å². The third-order valence-electron chi connectivity index (χ3n) is 6.33. The van der Waals surface area contributed by atoms with Crippen molar-refractivity contribution in [2.24, 2.45) is 0 Å². The number of hydrogen-bond donors (Lipinski definition) is 2. The molecule has 1 aromatic heterocycles. The number of piperidine rings is 1. The molecule has 2 N–H and O–H groups in total. The maximum absolute atomic E-state index is 9.25. The maximum atomic E-state index is 9.25. The third-order valence-corrected chi connectivity index (χ3v) is 7.82. The van der Waals surface area contributed by atoms with E-state index < -0.39 is 0 Å². The fraction of sp³-hybridized carbons (Fsp3) is 0.500. The number of rotatable bonds is 7. The lowest BCUT2D eigenvalue weighted by Crippen LogP contribution is -2.50. The summed E-state index contributed by atoms with van der Waals surface area (Å²) in [6.07, 6.45) is 8.58. The Labute approximate surface area is 193 Å². The van der Waals surface area contributed by atoms with Gasteiger partial charge < -0.3 is 19.8 Å². The van der Waals surface area contributed by atoms with E-state index in [-0.39, 0.29) is 24.9 Å². The van der Waals surface area contributed by atoms with Crippen molar-refractivity contribution in [2.75, 3.05) is 44.4 Å². The molecular formula is C24H29ClN2O3S. The molecule has 0 radical (unpaired) electrons. The van der Waals surface area contributed by atoms with Crippen LogP contribution in [0.25, 0.3) is 0 Å². The monoisotopic (exact) mass is 460 g/mol. The zero-order valence-corrected chi connectivity index (χ0v) is 19.2. The molecule has 2 aliphatic rings. The minimum absolute atomic E-state index is 0.000489. The lowest BCUT2D eigenvalue weighted by molar-refractivity contribution is -0.105. The number of hydrogen-bond acceptors (Lipinski definition) is 6. The van der Waals surface area contributed by atoms with Crippen LogP contribution in [0.4, 0.5) is 5.69 Å². The normalized spacial score (nSPS) is 23.5. The van der Waals surface area contributed by atoms with Crippen molar-refractivity contribution >= 4 is 28.6 Å². The van der Waals surface area contributed by atoms with Crippen LogP contribution in [0.3, 0.4) is 0 Å². The van der Waals surface area contributed by atoms with Gasteiger partial charge in [0.2, 0.25) is 0 Å². The Morgan fingerprint density at radius 3 is 2.68 bits per heavy atom. The number of anilines is 1. The zero-order chi connectivity index (χ0) is 21.8. The second-order valence-corrected chi connectivity index (χ2v) is 9.89. The number of terminal acetylenes is 1. The SMILES string of the molecule is C#C[C@H]1C[C@@]2(CCN1Cc1ccc(N(CCO)CCO)cc1)OCCc1cc(Cl)sc12. The molecule has 2 atom stereocenters. The van der Waals surface area contributed by atoms with E-state index in [4.69, 9.17) is 22.8 Å². The molecule has 1 saturated heterocycles. The quantitative estimate of drug-likeness (QED) is 0.621. The molecule has 1 spiro atoms. The Balaban J connectivity index is 1.46. The molecule has 1 aromatic carbocycles. The molecule has 2 aliphatic heterocycles. The molecule has 166 valence electrons. The summed E-state index contributed by atoms with van der Waals surface area (Å²) < 4.78 is 7.17. The molecule has 0 unspecified atom stereocenters. The van der Waals surface area contributed by atoms with Gasteiger partial charge in [-0.1, -0.05) is 29.7 Å². The van der Waals surface area contributed by atoms with E-state index in [0.29, 0.717) is 13.1 Å². The van der Waals surface area contributed by atoms with Crippen LogP contribution < -0.4 is 4.90 Å². The number of likely N-dealkylation sites (tertiary alicyclic amines) is 1. The van der Waals surface area contributed by atoms with Crippen LogP contribution in [-0.2, 0) is 23.3 Å². The molecule has 0 bridgehead atoms. The molecule has 0 saturated carbocycles. The fourth-order valence-electron chi connectivity index (χ4n) is 4.76. The van der Waals surface area contributed by atoms with E-state index in [0.717, 1.165) is 49.0 Å². The van der Waals surface area contributed by atoms with Crippen molar-refractivity contribution in [3.63, 3.8) is 0 Å². The van der Waals surface area contributed by atoms with Crippen molar-refractivity contribution < 1.29 is 14.9 Å². The Morgan fingerprint density at radius 1 is 1.26 bits per heavy atom. The van der Waals surface area contributed by atoms with E-state index in [9.17, 15) is 10.2 Å². The molecule has 4 rings (SSSR count). The Bertz CT molecular complexity index is 920. The van der Waals surface area contributed by atoms with Crippen LogP contribution in [0.5, 0.6) is 0 Å². The van der Waals surface area contributed by atoms with Gasteiger partial charge in [-0.25, -0.2) is 0 Å². The number of ether oxygens (including phenoxy) is 1. The average Bonchev–Trinajstić information content (AvgIpc) is 3.17. The van der Waals surface area contributed by atoms with Crippen LogP contribution in [0, 0.1) is 12.3 Å². The lowest BCUT2D eigenvalue weighted by Gasteiger charge is -2.46. The van der Waals surface area contributed by atoms with Gasteiger partial charge in [-0.2, -0.15) is 0 Å². The molecule has 0 aliphatic carbocycles. The number of benzene rings is 1. The Kier molecular flexibility index (Phi) is 7.22. The van der Waals surface area contributed by atoms with Gasteiger partial charge in [0.05, 0.1) is 30.2 Å². The van der Waals surface area contributed by atoms with Crippen LogP contribution in [0.2, 0.25) is 4.34 Å². The number of aliphatic hydroxyl groups excluding tert-OH is 2. The molecule has 0 amide bonds. The highest BCUT2D eigenvalue weighted by molar-refractivity contribution is 7.16. The highest BCUT2D eigenvalue weighted by Crippen LogP contribution is 2.48. The lowest BCUT2D eigenvalue weighted by atomic mass is 9.81. The minimum Gasteiger partial charge on any atom is -0.395 e. The van der Waals surface area contributed by atoms with Crippen molar-refractivity contribution in [1.29, 1.82) is 0 Å². The first-order chi connectivity index (χ1) is 15.1. The summed E-state index contributed by atoms with van der Waals surface area (Å²) in [5.74, 6) is 3.00. The molecular weight excluding hydrogens is 432 g/mol. The van der Waals surface area contributed by atoms with Gasteiger partial charge in [-0.15, -0.1) is 17.8 Å². The smallest absolute Gasteiger partial charge is 0.106 e. The average molecular weight is 461 g/mol. The minimum atomic E-state index is -0.308. The summed E-state index contributed by atoms with van der Waals surface area (Å²) in [6.45, 7) is 3.48. The third kappa shape index (κ3) is 4.78. The number of aliphatic hydroxyl groups is 2. The first-order valence-electron chi connectivity index (χ1n) is 10.8. The second kappa shape index (κ2) is 9.91. The van der Waals surface area contributed by atoms with Crippen molar-refractivity contribution in [3.8, 4) is 12.3 Å². The van der Waals surface area contributed by atoms with Crippen LogP contribution in [0.15, 0.2) is 30.3 Å². The van der Waals surface area contributed by atoms with Gasteiger partial charge >= 0.3 is 0 Å². The number of halogens is 1. The van der Waals surface area contributed by atoms with E-state index in [1.807, 2.05) is 17.0 Å². The Morgan fingerprint density at radius 2 is 2.00 bits per heavy atom. The molecule has 7 heteroatoms. The van der Waals surface area contributed by atoms with Crippen LogP contribution in [0.1, 0.15) is 28.8 Å². The van der Waals surface area contributed by atoms with Crippen LogP contribution in [-0.4, -0.2) is 60.6 Å². The standard InChI is InChI=1S/C24H29ClN2O3S/c1-2-20-16-24(23-19(7-14-30-24)15-22(25)31-23)8-9-27(20)17-18-3-5-21(6-4-18)26(10-12-28)11-13-29/h1,3-6,15,20,28-29H,7-14,16-17H2/t20-,24+/m0/s1. The first kappa shape index (κ1) is 22.6. The van der Waals surface area contributed by atoms with Gasteiger partial charge in [-0.05, 0) is 42.2 Å². The highest BCUT2D eigenvalue weighted by atomic mass is 35.5.